The van der Waals surface area contributed by atoms with E-state index in [0.717, 1.165) is 50.8 Å². The number of rotatable bonds is 4. The minimum absolute atomic E-state index is 0.407. The number of nitrogens with zero attached hydrogens (tertiary/aromatic N) is 2. The van der Waals surface area contributed by atoms with Crippen molar-refractivity contribution in [2.45, 2.75) is 0 Å². The van der Waals surface area contributed by atoms with Crippen LogP contribution in [0.3, 0.4) is 0 Å². The molecular weight excluding hydrogens is 524 g/mol. The Balaban J connectivity index is 1.54. The van der Waals surface area contributed by atoms with Crippen LogP contribution in [0.15, 0.2) is 122 Å². The molecule has 7 aromatic rings. The van der Waals surface area contributed by atoms with E-state index in [0.29, 0.717) is 22.3 Å². The Morgan fingerprint density at radius 2 is 1.00 bits per heavy atom. The van der Waals surface area contributed by atoms with Crippen LogP contribution in [0.25, 0.3) is 60.9 Å². The van der Waals surface area contributed by atoms with Crippen molar-refractivity contribution in [1.82, 2.24) is 9.55 Å². The minimum atomic E-state index is -0.664. The van der Waals surface area contributed by atoms with Gasteiger partial charge in [-0.3, -0.25) is 4.98 Å². The molecule has 0 spiro atoms. The van der Waals surface area contributed by atoms with Crippen molar-refractivity contribution in [2.24, 2.45) is 0 Å². The first-order valence-electron chi connectivity index (χ1n) is 13.0. The van der Waals surface area contributed by atoms with Crippen LogP contribution >= 0.6 is 0 Å². The summed E-state index contributed by atoms with van der Waals surface area (Å²) in [5.41, 5.74) is 6.63. The predicted molar refractivity (Wildman–Crippen MR) is 155 cm³/mol. The van der Waals surface area contributed by atoms with E-state index in [2.05, 4.69) is 9.55 Å². The van der Waals surface area contributed by atoms with Gasteiger partial charge in [-0.05, 0) is 82.9 Å². The molecule has 0 radical (unpaired) electrons. The van der Waals surface area contributed by atoms with Gasteiger partial charge in [0, 0.05) is 46.4 Å². The Bertz CT molecular complexity index is 1950. The van der Waals surface area contributed by atoms with Gasteiger partial charge >= 0.3 is 0 Å². The largest absolute Gasteiger partial charge is 0.309 e. The van der Waals surface area contributed by atoms with Gasteiger partial charge in [-0.1, -0.05) is 36.4 Å². The third kappa shape index (κ3) is 4.43. The van der Waals surface area contributed by atoms with Crippen molar-refractivity contribution in [3.8, 4) is 39.1 Å². The molecule has 0 bridgehead atoms. The van der Waals surface area contributed by atoms with Crippen molar-refractivity contribution in [1.29, 1.82) is 0 Å². The lowest BCUT2D eigenvalue weighted by molar-refractivity contribution is 0.583. The first-order valence-corrected chi connectivity index (χ1v) is 13.0. The van der Waals surface area contributed by atoms with E-state index in [1.807, 2.05) is 72.8 Å². The van der Waals surface area contributed by atoms with Gasteiger partial charge in [-0.25, -0.2) is 17.6 Å². The maximum Gasteiger partial charge on any atom is 0.126 e. The highest BCUT2D eigenvalue weighted by Crippen LogP contribution is 2.39. The Kier molecular flexibility index (Phi) is 5.89. The Labute approximate surface area is 232 Å². The summed E-state index contributed by atoms with van der Waals surface area (Å²) >= 11 is 0. The number of halogens is 4. The van der Waals surface area contributed by atoms with Crippen LogP contribution in [-0.4, -0.2) is 9.55 Å². The Morgan fingerprint density at radius 1 is 0.463 bits per heavy atom. The smallest absolute Gasteiger partial charge is 0.126 e. The fourth-order valence-corrected chi connectivity index (χ4v) is 5.52. The molecule has 0 unspecified atom stereocenters. The second-order valence-electron chi connectivity index (χ2n) is 9.87. The molecular formula is C35H20F4N2. The number of para-hydroxylation sites is 1. The van der Waals surface area contributed by atoms with Crippen LogP contribution in [-0.2, 0) is 0 Å². The fourth-order valence-electron chi connectivity index (χ4n) is 5.52. The zero-order valence-corrected chi connectivity index (χ0v) is 21.5. The predicted octanol–water partition coefficient (Wildman–Crippen LogP) is 9.74. The second kappa shape index (κ2) is 9.75. The normalized spacial score (nSPS) is 11.4. The average molecular weight is 545 g/mol. The SMILES string of the molecule is Fc1cc(F)cc(-c2ccc3c(c2)c2cc(-c4cc(F)cc(F)c4)ccc2n3-c2ccccc2-c2cccnc2)c1. The monoisotopic (exact) mass is 544 g/mol. The maximum absolute atomic E-state index is 14.1. The number of pyridine rings is 1. The van der Waals surface area contributed by atoms with Gasteiger partial charge in [0.05, 0.1) is 16.7 Å². The Morgan fingerprint density at radius 3 is 1.51 bits per heavy atom. The zero-order chi connectivity index (χ0) is 28.1. The summed E-state index contributed by atoms with van der Waals surface area (Å²) in [6, 6.07) is 30.0. The van der Waals surface area contributed by atoms with E-state index in [-0.39, 0.29) is 0 Å². The van der Waals surface area contributed by atoms with Crippen LogP contribution in [0.5, 0.6) is 0 Å². The molecule has 6 heteroatoms. The molecule has 0 aliphatic heterocycles. The molecule has 0 amide bonds. The first kappa shape index (κ1) is 24.8. The molecule has 198 valence electrons. The van der Waals surface area contributed by atoms with E-state index < -0.39 is 23.3 Å². The van der Waals surface area contributed by atoms with E-state index in [4.69, 9.17) is 0 Å². The van der Waals surface area contributed by atoms with E-state index in [1.165, 1.54) is 24.3 Å². The number of aromatic nitrogens is 2. The van der Waals surface area contributed by atoms with Gasteiger partial charge in [0.15, 0.2) is 0 Å². The van der Waals surface area contributed by atoms with E-state index >= 15 is 0 Å². The summed E-state index contributed by atoms with van der Waals surface area (Å²) in [7, 11) is 0. The van der Waals surface area contributed by atoms with Gasteiger partial charge in [-0.15, -0.1) is 0 Å². The summed E-state index contributed by atoms with van der Waals surface area (Å²) in [6.45, 7) is 0. The molecule has 2 heterocycles. The molecule has 2 aromatic heterocycles. The second-order valence-corrected chi connectivity index (χ2v) is 9.87. The molecule has 5 aromatic carbocycles. The molecule has 0 aliphatic carbocycles. The molecule has 0 aliphatic rings. The van der Waals surface area contributed by atoms with Crippen molar-refractivity contribution in [2.75, 3.05) is 0 Å². The van der Waals surface area contributed by atoms with E-state index in [9.17, 15) is 17.6 Å². The lowest BCUT2D eigenvalue weighted by Crippen LogP contribution is -1.97. The van der Waals surface area contributed by atoms with Crippen molar-refractivity contribution >= 4 is 21.8 Å². The van der Waals surface area contributed by atoms with Crippen LogP contribution in [0.2, 0.25) is 0 Å². The number of fused-ring (bicyclic) bond motifs is 3. The minimum Gasteiger partial charge on any atom is -0.309 e. The zero-order valence-electron chi connectivity index (χ0n) is 21.5. The van der Waals surface area contributed by atoms with Gasteiger partial charge < -0.3 is 4.57 Å². The van der Waals surface area contributed by atoms with E-state index in [1.54, 1.807) is 12.4 Å². The summed E-state index contributed by atoms with van der Waals surface area (Å²) in [4.78, 5) is 4.30. The summed E-state index contributed by atoms with van der Waals surface area (Å²) in [5, 5.41) is 1.64. The van der Waals surface area contributed by atoms with Gasteiger partial charge in [0.2, 0.25) is 0 Å². The molecule has 0 N–H and O–H groups in total. The van der Waals surface area contributed by atoms with Crippen molar-refractivity contribution < 1.29 is 17.6 Å². The first-order chi connectivity index (χ1) is 19.9. The highest BCUT2D eigenvalue weighted by Gasteiger charge is 2.18. The third-order valence-corrected chi connectivity index (χ3v) is 7.27. The fraction of sp³-hybridized carbons (Fsp3) is 0. The molecule has 0 atom stereocenters. The molecule has 0 saturated heterocycles. The molecule has 2 nitrogen and oxygen atoms in total. The lowest BCUT2D eigenvalue weighted by atomic mass is 10.00. The number of hydrogen-bond acceptors (Lipinski definition) is 1. The number of hydrogen-bond donors (Lipinski definition) is 0. The standard InChI is InChI=1S/C35H20F4N2/c36-26-12-24(13-27(37)18-26)21-7-9-34-31(16-21)32-17-22(25-14-28(38)19-29(39)15-25)8-10-35(32)41(34)33-6-2-1-5-30(33)23-4-3-11-40-20-23/h1-20H. The average Bonchev–Trinajstić information content (AvgIpc) is 3.29. The molecule has 7 rings (SSSR count). The topological polar surface area (TPSA) is 17.8 Å². The molecule has 0 saturated carbocycles. The number of benzene rings is 5. The van der Waals surface area contributed by atoms with Crippen LogP contribution in [0.4, 0.5) is 17.6 Å². The summed E-state index contributed by atoms with van der Waals surface area (Å²) < 4.78 is 58.6. The van der Waals surface area contributed by atoms with Gasteiger partial charge in [-0.2, -0.15) is 0 Å². The summed E-state index contributed by atoms with van der Waals surface area (Å²) in [6.07, 6.45) is 3.53. The van der Waals surface area contributed by atoms with Gasteiger partial charge in [0.1, 0.15) is 23.3 Å². The van der Waals surface area contributed by atoms with Crippen LogP contribution in [0, 0.1) is 23.3 Å². The Hall–Kier alpha value is -5.23. The lowest BCUT2D eigenvalue weighted by Gasteiger charge is -2.14. The van der Waals surface area contributed by atoms with Crippen molar-refractivity contribution in [3.63, 3.8) is 0 Å². The van der Waals surface area contributed by atoms with Crippen molar-refractivity contribution in [3.05, 3.63) is 145 Å². The quantitative estimate of drug-likeness (QED) is 0.202. The highest BCUT2D eigenvalue weighted by atomic mass is 19.1. The highest BCUT2D eigenvalue weighted by molar-refractivity contribution is 6.12. The maximum atomic E-state index is 14.1. The van der Waals surface area contributed by atoms with Gasteiger partial charge in [0.25, 0.3) is 0 Å². The third-order valence-electron chi connectivity index (χ3n) is 7.27. The van der Waals surface area contributed by atoms with Crippen LogP contribution in [0.1, 0.15) is 0 Å². The summed E-state index contributed by atoms with van der Waals surface area (Å²) in [5.74, 6) is -2.65. The van der Waals surface area contributed by atoms with Crippen LogP contribution < -0.4 is 0 Å². The molecule has 41 heavy (non-hydrogen) atoms. The molecule has 0 fully saturated rings.